The summed E-state index contributed by atoms with van der Waals surface area (Å²) in [6, 6.07) is 1.22. The molecule has 0 amide bonds. The van der Waals surface area contributed by atoms with Crippen LogP contribution in [0, 0.1) is 11.2 Å². The lowest BCUT2D eigenvalue weighted by Gasteiger charge is -2.11. The maximum atomic E-state index is 13.4. The van der Waals surface area contributed by atoms with Crippen molar-refractivity contribution in [2.45, 2.75) is 24.3 Å². The molecule has 3 nitrogen and oxygen atoms in total. The van der Waals surface area contributed by atoms with Gasteiger partial charge in [0.2, 0.25) is 0 Å². The molecule has 0 aliphatic heterocycles. The number of halogens is 2. The van der Waals surface area contributed by atoms with Crippen molar-refractivity contribution in [3.63, 3.8) is 0 Å². The van der Waals surface area contributed by atoms with E-state index in [1.165, 1.54) is 24.0 Å². The van der Waals surface area contributed by atoms with Crippen molar-refractivity contribution in [1.29, 1.82) is 0 Å². The summed E-state index contributed by atoms with van der Waals surface area (Å²) in [5.41, 5.74) is -0.162. The number of carboxylic acid groups (broad SMARTS) is 1. The summed E-state index contributed by atoms with van der Waals surface area (Å²) in [5.74, 6) is -0.661. The van der Waals surface area contributed by atoms with Gasteiger partial charge < -0.3 is 5.11 Å². The summed E-state index contributed by atoms with van der Waals surface area (Å²) >= 11 is 6.86. The molecule has 1 fully saturated rings. The smallest absolute Gasteiger partial charge is 0.303 e. The molecule has 1 aromatic heterocycles. The molecule has 2 rings (SSSR count). The fraction of sp³-hybridized carbons (Fsp3) is 0.455. The van der Waals surface area contributed by atoms with Crippen LogP contribution in [0.3, 0.4) is 0 Å². The summed E-state index contributed by atoms with van der Waals surface area (Å²) in [6.07, 6.45) is 3.32. The van der Waals surface area contributed by atoms with Crippen LogP contribution in [0.5, 0.6) is 0 Å². The molecule has 0 spiro atoms. The Morgan fingerprint density at radius 3 is 2.88 bits per heavy atom. The molecule has 92 valence electrons. The van der Waals surface area contributed by atoms with Crippen LogP contribution in [0.15, 0.2) is 17.3 Å². The van der Waals surface area contributed by atoms with Crippen molar-refractivity contribution in [3.8, 4) is 0 Å². The van der Waals surface area contributed by atoms with Gasteiger partial charge in [-0.05, 0) is 24.3 Å². The maximum absolute atomic E-state index is 13.4. The minimum absolute atomic E-state index is 0.148. The number of carbonyl (C=O) groups is 1. The molecule has 1 aromatic rings. The molecule has 0 radical (unpaired) electrons. The number of aliphatic carboxylic acids is 1. The van der Waals surface area contributed by atoms with Crippen LogP contribution in [0.1, 0.15) is 19.3 Å². The monoisotopic (exact) mass is 275 g/mol. The second-order valence-corrected chi connectivity index (χ2v) is 5.70. The van der Waals surface area contributed by atoms with Crippen molar-refractivity contribution < 1.29 is 14.3 Å². The number of rotatable bonds is 5. The highest BCUT2D eigenvalue weighted by Gasteiger charge is 2.44. The van der Waals surface area contributed by atoms with Crippen LogP contribution in [0.2, 0.25) is 5.02 Å². The third kappa shape index (κ3) is 3.33. The van der Waals surface area contributed by atoms with Crippen molar-refractivity contribution in [2.24, 2.45) is 5.41 Å². The second-order valence-electron chi connectivity index (χ2n) is 4.30. The molecule has 17 heavy (non-hydrogen) atoms. The SMILES string of the molecule is O=C(O)CC1(CSc2ncc(Cl)cc2F)CC1. The highest BCUT2D eigenvalue weighted by Crippen LogP contribution is 2.51. The van der Waals surface area contributed by atoms with E-state index in [-0.39, 0.29) is 21.9 Å². The van der Waals surface area contributed by atoms with Crippen molar-refractivity contribution in [1.82, 2.24) is 4.98 Å². The third-order valence-corrected chi connectivity index (χ3v) is 4.31. The molecular weight excluding hydrogens is 265 g/mol. The van der Waals surface area contributed by atoms with Gasteiger partial charge in [0.05, 0.1) is 11.4 Å². The van der Waals surface area contributed by atoms with Crippen LogP contribution in [-0.4, -0.2) is 21.8 Å². The first-order valence-corrected chi connectivity index (χ1v) is 6.53. The number of thioether (sulfide) groups is 1. The van der Waals surface area contributed by atoms with Crippen LogP contribution < -0.4 is 0 Å². The van der Waals surface area contributed by atoms with E-state index in [0.29, 0.717) is 5.75 Å². The lowest BCUT2D eigenvalue weighted by Crippen LogP contribution is -2.11. The minimum atomic E-state index is -0.798. The lowest BCUT2D eigenvalue weighted by molar-refractivity contribution is -0.138. The number of hydrogen-bond acceptors (Lipinski definition) is 3. The number of nitrogens with zero attached hydrogens (tertiary/aromatic N) is 1. The molecule has 0 bridgehead atoms. The quantitative estimate of drug-likeness (QED) is 0.838. The first-order valence-electron chi connectivity index (χ1n) is 5.16. The van der Waals surface area contributed by atoms with Crippen LogP contribution in [0.4, 0.5) is 4.39 Å². The van der Waals surface area contributed by atoms with Gasteiger partial charge in [-0.15, -0.1) is 11.8 Å². The van der Waals surface area contributed by atoms with E-state index in [1.54, 1.807) is 0 Å². The number of hydrogen-bond donors (Lipinski definition) is 1. The van der Waals surface area contributed by atoms with E-state index in [9.17, 15) is 9.18 Å². The number of carboxylic acids is 1. The average Bonchev–Trinajstić information content (AvgIpc) is 2.96. The zero-order chi connectivity index (χ0) is 12.5. The van der Waals surface area contributed by atoms with Gasteiger partial charge in [-0.3, -0.25) is 4.79 Å². The fourth-order valence-electron chi connectivity index (χ4n) is 1.60. The summed E-state index contributed by atoms with van der Waals surface area (Å²) in [7, 11) is 0. The van der Waals surface area contributed by atoms with Crippen molar-refractivity contribution >= 4 is 29.3 Å². The first kappa shape index (κ1) is 12.6. The van der Waals surface area contributed by atoms with Gasteiger partial charge in [0, 0.05) is 11.9 Å². The molecule has 0 atom stereocenters. The molecule has 6 heteroatoms. The van der Waals surface area contributed by atoms with Gasteiger partial charge in [0.1, 0.15) is 5.03 Å². The first-order chi connectivity index (χ1) is 8.01. The zero-order valence-corrected chi connectivity index (χ0v) is 10.5. The molecule has 0 aromatic carbocycles. The van der Waals surface area contributed by atoms with E-state index in [1.807, 2.05) is 0 Å². The normalized spacial score (nSPS) is 16.8. The van der Waals surface area contributed by atoms with Crippen LogP contribution >= 0.6 is 23.4 Å². The van der Waals surface area contributed by atoms with Gasteiger partial charge in [-0.1, -0.05) is 11.6 Å². The number of aromatic nitrogens is 1. The molecule has 0 unspecified atom stereocenters. The van der Waals surface area contributed by atoms with E-state index in [0.717, 1.165) is 12.8 Å². The maximum Gasteiger partial charge on any atom is 0.303 e. The van der Waals surface area contributed by atoms with Crippen LogP contribution in [-0.2, 0) is 4.79 Å². The molecule has 1 heterocycles. The predicted octanol–water partition coefficient (Wildman–Crippen LogP) is 3.22. The van der Waals surface area contributed by atoms with Crippen molar-refractivity contribution in [2.75, 3.05) is 5.75 Å². The standard InChI is InChI=1S/C11H11ClFNO2S/c12-7-3-8(13)10(14-5-7)17-6-11(1-2-11)4-9(15)16/h3,5H,1-2,4,6H2,(H,15,16). The Bertz CT molecular complexity index is 451. The Morgan fingerprint density at radius 2 is 2.35 bits per heavy atom. The largest absolute Gasteiger partial charge is 0.481 e. The average molecular weight is 276 g/mol. The van der Waals surface area contributed by atoms with Gasteiger partial charge in [-0.2, -0.15) is 0 Å². The summed E-state index contributed by atoms with van der Waals surface area (Å²) in [4.78, 5) is 14.6. The zero-order valence-electron chi connectivity index (χ0n) is 8.95. The fourth-order valence-corrected chi connectivity index (χ4v) is 2.90. The van der Waals surface area contributed by atoms with E-state index in [2.05, 4.69) is 4.98 Å². The Balaban J connectivity index is 1.96. The van der Waals surface area contributed by atoms with E-state index < -0.39 is 11.8 Å². The van der Waals surface area contributed by atoms with E-state index in [4.69, 9.17) is 16.7 Å². The predicted molar refractivity (Wildman–Crippen MR) is 63.8 cm³/mol. The third-order valence-electron chi connectivity index (χ3n) is 2.77. The second kappa shape index (κ2) is 4.82. The van der Waals surface area contributed by atoms with Gasteiger partial charge >= 0.3 is 5.97 Å². The molecule has 0 saturated heterocycles. The highest BCUT2D eigenvalue weighted by atomic mass is 35.5. The Morgan fingerprint density at radius 1 is 1.65 bits per heavy atom. The Labute approximate surface area is 107 Å². The highest BCUT2D eigenvalue weighted by molar-refractivity contribution is 7.99. The molecule has 1 aliphatic rings. The molecule has 1 saturated carbocycles. The Kier molecular flexibility index (Phi) is 3.58. The lowest BCUT2D eigenvalue weighted by atomic mass is 10.1. The Hall–Kier alpha value is -0.810. The summed E-state index contributed by atoms with van der Waals surface area (Å²) in [6.45, 7) is 0. The summed E-state index contributed by atoms with van der Waals surface area (Å²) < 4.78 is 13.4. The number of pyridine rings is 1. The van der Waals surface area contributed by atoms with Gasteiger partial charge in [0.15, 0.2) is 5.82 Å². The van der Waals surface area contributed by atoms with Crippen molar-refractivity contribution in [3.05, 3.63) is 23.1 Å². The van der Waals surface area contributed by atoms with Gasteiger partial charge in [-0.25, -0.2) is 9.37 Å². The molecule has 1 N–H and O–H groups in total. The van der Waals surface area contributed by atoms with E-state index >= 15 is 0 Å². The molecular formula is C11H11ClFNO2S. The molecule has 1 aliphatic carbocycles. The van der Waals surface area contributed by atoms with Crippen LogP contribution in [0.25, 0.3) is 0 Å². The topological polar surface area (TPSA) is 50.2 Å². The van der Waals surface area contributed by atoms with Gasteiger partial charge in [0.25, 0.3) is 0 Å². The summed E-state index contributed by atoms with van der Waals surface area (Å²) in [5, 5.41) is 9.31. The minimum Gasteiger partial charge on any atom is -0.481 e.